The number of carbonyl (C=O) groups excluding carboxylic acids is 2. The van der Waals surface area contributed by atoms with Gasteiger partial charge in [-0.2, -0.15) is 0 Å². The fraction of sp³-hybridized carbons (Fsp3) is 0.364. The zero-order chi connectivity index (χ0) is 19.7. The molecular formula is C22H25N3O2S. The van der Waals surface area contributed by atoms with Gasteiger partial charge in [0.1, 0.15) is 5.54 Å². The first kappa shape index (κ1) is 19.0. The minimum Gasteiger partial charge on any atom is -0.319 e. The highest BCUT2D eigenvalue weighted by molar-refractivity contribution is 7.98. The van der Waals surface area contributed by atoms with Gasteiger partial charge in [0.2, 0.25) is 0 Å². The summed E-state index contributed by atoms with van der Waals surface area (Å²) in [4.78, 5) is 30.6. The van der Waals surface area contributed by atoms with Gasteiger partial charge < -0.3 is 5.32 Å². The molecule has 28 heavy (non-hydrogen) atoms. The summed E-state index contributed by atoms with van der Waals surface area (Å²) in [5.74, 6) is -0.130. The predicted molar refractivity (Wildman–Crippen MR) is 111 cm³/mol. The summed E-state index contributed by atoms with van der Waals surface area (Å²) in [5, 5.41) is 3.02. The Balaban J connectivity index is 1.50. The summed E-state index contributed by atoms with van der Waals surface area (Å²) in [6.45, 7) is 0.953. The van der Waals surface area contributed by atoms with Crippen LogP contribution >= 0.6 is 11.8 Å². The Labute approximate surface area is 170 Å². The van der Waals surface area contributed by atoms with Gasteiger partial charge in [0, 0.05) is 11.4 Å². The maximum Gasteiger partial charge on any atom is 0.326 e. The van der Waals surface area contributed by atoms with Crippen molar-refractivity contribution in [3.63, 3.8) is 0 Å². The molecule has 5 nitrogen and oxygen atoms in total. The SMILES string of the molecule is CSc1ccc(CN(C)CN2C(=O)N[C@]3(CCCc4ccccc43)C2=O)cc1. The minimum absolute atomic E-state index is 0.130. The second kappa shape index (κ2) is 7.60. The lowest BCUT2D eigenvalue weighted by atomic mass is 9.76. The molecule has 0 aromatic heterocycles. The molecule has 3 amide bonds. The van der Waals surface area contributed by atoms with E-state index in [0.717, 1.165) is 29.5 Å². The first-order chi connectivity index (χ1) is 13.5. The molecule has 0 bridgehead atoms. The second-order valence-electron chi connectivity index (χ2n) is 7.58. The largest absolute Gasteiger partial charge is 0.326 e. The minimum atomic E-state index is -0.896. The molecule has 1 spiro atoms. The van der Waals surface area contributed by atoms with Crippen molar-refractivity contribution in [1.82, 2.24) is 15.1 Å². The summed E-state index contributed by atoms with van der Waals surface area (Å²) in [7, 11) is 1.93. The van der Waals surface area contributed by atoms with E-state index < -0.39 is 5.54 Å². The normalized spacial score (nSPS) is 21.3. The maximum atomic E-state index is 13.3. The lowest BCUT2D eigenvalue weighted by Gasteiger charge is -2.33. The Hall–Kier alpha value is -2.31. The fourth-order valence-electron chi connectivity index (χ4n) is 4.27. The zero-order valence-corrected chi connectivity index (χ0v) is 17.1. The molecule has 4 rings (SSSR count). The van der Waals surface area contributed by atoms with Gasteiger partial charge in [-0.25, -0.2) is 9.69 Å². The number of hydrogen-bond acceptors (Lipinski definition) is 4. The van der Waals surface area contributed by atoms with Gasteiger partial charge in [-0.15, -0.1) is 11.8 Å². The van der Waals surface area contributed by atoms with Gasteiger partial charge in [-0.05, 0) is 61.4 Å². The Bertz CT molecular complexity index is 899. The van der Waals surface area contributed by atoms with Crippen molar-refractivity contribution in [3.8, 4) is 0 Å². The zero-order valence-electron chi connectivity index (χ0n) is 16.3. The van der Waals surface area contributed by atoms with Crippen molar-refractivity contribution < 1.29 is 9.59 Å². The first-order valence-corrected chi connectivity index (χ1v) is 10.8. The lowest BCUT2D eigenvalue weighted by molar-refractivity contribution is -0.133. The van der Waals surface area contributed by atoms with E-state index in [0.29, 0.717) is 13.0 Å². The quantitative estimate of drug-likeness (QED) is 0.621. The van der Waals surface area contributed by atoms with E-state index >= 15 is 0 Å². The Morgan fingerprint density at radius 3 is 2.64 bits per heavy atom. The molecule has 0 radical (unpaired) electrons. The number of amides is 3. The van der Waals surface area contributed by atoms with Gasteiger partial charge in [-0.1, -0.05) is 36.4 Å². The van der Waals surface area contributed by atoms with Gasteiger partial charge >= 0.3 is 6.03 Å². The number of thioether (sulfide) groups is 1. The number of rotatable bonds is 5. The van der Waals surface area contributed by atoms with Crippen LogP contribution in [0.1, 0.15) is 29.5 Å². The maximum absolute atomic E-state index is 13.3. The molecule has 1 N–H and O–H groups in total. The second-order valence-corrected chi connectivity index (χ2v) is 8.46. The lowest BCUT2D eigenvalue weighted by Crippen LogP contribution is -2.47. The smallest absolute Gasteiger partial charge is 0.319 e. The van der Waals surface area contributed by atoms with Crippen LogP contribution in [-0.2, 0) is 23.3 Å². The first-order valence-electron chi connectivity index (χ1n) is 9.57. The average Bonchev–Trinajstić information content (AvgIpc) is 2.94. The number of hydrogen-bond donors (Lipinski definition) is 1. The molecule has 1 atom stereocenters. The van der Waals surface area contributed by atoms with E-state index in [4.69, 9.17) is 0 Å². The van der Waals surface area contributed by atoms with Crippen molar-refractivity contribution in [2.45, 2.75) is 36.2 Å². The molecule has 2 aromatic rings. The third-order valence-electron chi connectivity index (χ3n) is 5.65. The third kappa shape index (κ3) is 3.31. The topological polar surface area (TPSA) is 52.6 Å². The van der Waals surface area contributed by atoms with Crippen LogP contribution in [0.5, 0.6) is 0 Å². The van der Waals surface area contributed by atoms with Crippen molar-refractivity contribution in [2.75, 3.05) is 20.0 Å². The van der Waals surface area contributed by atoms with E-state index in [9.17, 15) is 9.59 Å². The molecule has 1 aliphatic carbocycles. The molecule has 146 valence electrons. The standard InChI is InChI=1S/C22H25N3O2S/c1-24(14-16-9-11-18(28-2)12-10-16)15-25-20(26)22(23-21(25)27)13-5-7-17-6-3-4-8-19(17)22/h3-4,6,8-12H,5,7,13-15H2,1-2H3,(H,23,27)/t22-/m0/s1. The van der Waals surface area contributed by atoms with Crippen molar-refractivity contribution >= 4 is 23.7 Å². The third-order valence-corrected chi connectivity index (χ3v) is 6.39. The summed E-state index contributed by atoms with van der Waals surface area (Å²) >= 11 is 1.71. The van der Waals surface area contributed by atoms with Crippen molar-refractivity contribution in [3.05, 3.63) is 65.2 Å². The van der Waals surface area contributed by atoms with Crippen molar-refractivity contribution in [1.29, 1.82) is 0 Å². The van der Waals surface area contributed by atoms with E-state index in [1.54, 1.807) is 11.8 Å². The van der Waals surface area contributed by atoms with Crippen molar-refractivity contribution in [2.24, 2.45) is 0 Å². The summed E-state index contributed by atoms with van der Waals surface area (Å²) < 4.78 is 0. The van der Waals surface area contributed by atoms with Crippen LogP contribution in [0.4, 0.5) is 4.79 Å². The molecule has 1 fully saturated rings. The highest BCUT2D eigenvalue weighted by atomic mass is 32.2. The van der Waals surface area contributed by atoms with Gasteiger partial charge in [0.05, 0.1) is 6.67 Å². The highest BCUT2D eigenvalue weighted by Gasteiger charge is 2.53. The summed E-state index contributed by atoms with van der Waals surface area (Å²) in [5.41, 5.74) is 2.38. The van der Waals surface area contributed by atoms with Gasteiger partial charge in [0.25, 0.3) is 5.91 Å². The Morgan fingerprint density at radius 1 is 1.14 bits per heavy atom. The molecule has 1 aliphatic heterocycles. The van der Waals surface area contributed by atoms with E-state index in [2.05, 4.69) is 41.9 Å². The molecule has 2 aromatic carbocycles. The van der Waals surface area contributed by atoms with Crippen LogP contribution in [0, 0.1) is 0 Å². The number of carbonyl (C=O) groups is 2. The molecule has 0 saturated carbocycles. The fourth-order valence-corrected chi connectivity index (χ4v) is 4.68. The predicted octanol–water partition coefficient (Wildman–Crippen LogP) is 3.58. The van der Waals surface area contributed by atoms with E-state index in [1.807, 2.05) is 30.1 Å². The number of benzene rings is 2. The van der Waals surface area contributed by atoms with Crippen LogP contribution in [0.3, 0.4) is 0 Å². The average molecular weight is 396 g/mol. The van der Waals surface area contributed by atoms with E-state index in [1.165, 1.54) is 9.80 Å². The molecule has 1 saturated heterocycles. The molecule has 0 unspecified atom stereocenters. The van der Waals surface area contributed by atoms with Gasteiger partial charge in [-0.3, -0.25) is 9.69 Å². The molecule has 1 heterocycles. The van der Waals surface area contributed by atoms with Crippen LogP contribution in [0.25, 0.3) is 0 Å². The summed E-state index contributed by atoms with van der Waals surface area (Å²) in [6, 6.07) is 16.0. The number of imide groups is 1. The number of fused-ring (bicyclic) bond motifs is 2. The van der Waals surface area contributed by atoms with Crippen LogP contribution in [0.2, 0.25) is 0 Å². The van der Waals surface area contributed by atoms with Crippen LogP contribution in [0.15, 0.2) is 53.4 Å². The molecule has 6 heteroatoms. The Morgan fingerprint density at radius 2 is 1.89 bits per heavy atom. The number of urea groups is 1. The Kier molecular flexibility index (Phi) is 5.17. The number of aryl methyl sites for hydroxylation is 1. The molecule has 2 aliphatic rings. The van der Waals surface area contributed by atoms with Gasteiger partial charge in [0.15, 0.2) is 0 Å². The highest BCUT2D eigenvalue weighted by Crippen LogP contribution is 2.39. The monoisotopic (exact) mass is 395 g/mol. The molecular weight excluding hydrogens is 370 g/mol. The number of nitrogens with one attached hydrogen (secondary N) is 1. The number of nitrogens with zero attached hydrogens (tertiary/aromatic N) is 2. The summed E-state index contributed by atoms with van der Waals surface area (Å²) in [6.07, 6.45) is 4.56. The van der Waals surface area contributed by atoms with Crippen LogP contribution < -0.4 is 5.32 Å². The van der Waals surface area contributed by atoms with E-state index in [-0.39, 0.29) is 18.6 Å². The van der Waals surface area contributed by atoms with Crippen LogP contribution in [-0.4, -0.2) is 41.7 Å².